The van der Waals surface area contributed by atoms with Crippen LogP contribution in [0.4, 0.5) is 22.7 Å². The fourth-order valence-electron chi connectivity index (χ4n) is 2.27. The van der Waals surface area contributed by atoms with E-state index in [0.717, 1.165) is 17.1 Å². The van der Waals surface area contributed by atoms with Gasteiger partial charge < -0.3 is 9.80 Å². The summed E-state index contributed by atoms with van der Waals surface area (Å²) >= 11 is 0. The molecule has 0 saturated carbocycles. The van der Waals surface area contributed by atoms with E-state index in [1.54, 1.807) is 0 Å². The summed E-state index contributed by atoms with van der Waals surface area (Å²) in [6.45, 7) is 11.2. The average Bonchev–Trinajstić information content (AvgIpc) is 2.75. The number of rotatable bonds is 1. The van der Waals surface area contributed by atoms with Crippen LogP contribution in [0, 0.1) is 26.2 Å². The van der Waals surface area contributed by atoms with Gasteiger partial charge in [-0.15, -0.1) is 11.8 Å². The standard InChI is InChI=1S/C16H13N3.Ir/c1-12-5-4-6-14(9-12)19-11-18(3)15-8-7-13(17-2)10-16(15)19;/h4-5,7-11H,1,3H3;/q-2;. The zero-order valence-corrected chi connectivity index (χ0v) is 13.6. The van der Waals surface area contributed by atoms with Crippen LogP contribution in [-0.4, -0.2) is 7.05 Å². The van der Waals surface area contributed by atoms with Crippen LogP contribution in [0.2, 0.25) is 0 Å². The van der Waals surface area contributed by atoms with Crippen molar-refractivity contribution < 1.29 is 20.1 Å². The Morgan fingerprint density at radius 1 is 1.20 bits per heavy atom. The number of hydrogen-bond acceptors (Lipinski definition) is 2. The summed E-state index contributed by atoms with van der Waals surface area (Å²) in [6, 6.07) is 15.0. The van der Waals surface area contributed by atoms with Crippen LogP contribution in [0.3, 0.4) is 0 Å². The Morgan fingerprint density at radius 3 is 2.70 bits per heavy atom. The molecule has 2 aromatic rings. The van der Waals surface area contributed by atoms with E-state index in [9.17, 15) is 0 Å². The van der Waals surface area contributed by atoms with Crippen LogP contribution in [-0.2, 0) is 20.1 Å². The first-order valence-corrected chi connectivity index (χ1v) is 6.06. The molecule has 1 heterocycles. The van der Waals surface area contributed by atoms with Gasteiger partial charge in [0, 0.05) is 31.5 Å². The van der Waals surface area contributed by atoms with E-state index in [0.29, 0.717) is 5.69 Å². The van der Waals surface area contributed by atoms with E-state index in [-0.39, 0.29) is 20.1 Å². The predicted molar refractivity (Wildman–Crippen MR) is 77.6 cm³/mol. The van der Waals surface area contributed by atoms with Crippen molar-refractivity contribution in [2.45, 2.75) is 6.92 Å². The van der Waals surface area contributed by atoms with Crippen molar-refractivity contribution in [2.24, 2.45) is 0 Å². The molecule has 0 bridgehead atoms. The monoisotopic (exact) mass is 440 g/mol. The van der Waals surface area contributed by atoms with Gasteiger partial charge in [0.25, 0.3) is 0 Å². The number of aryl methyl sites for hydroxylation is 1. The van der Waals surface area contributed by atoms with E-state index < -0.39 is 0 Å². The molecule has 0 aromatic heterocycles. The van der Waals surface area contributed by atoms with Crippen molar-refractivity contribution >= 4 is 22.7 Å². The molecule has 20 heavy (non-hydrogen) atoms. The van der Waals surface area contributed by atoms with Crippen LogP contribution >= 0.6 is 0 Å². The zero-order valence-electron chi connectivity index (χ0n) is 11.2. The summed E-state index contributed by atoms with van der Waals surface area (Å²) in [5.41, 5.74) is 4.97. The smallest absolute Gasteiger partial charge is 0.189 e. The minimum atomic E-state index is 0. The number of hydrogen-bond donors (Lipinski definition) is 0. The van der Waals surface area contributed by atoms with Gasteiger partial charge >= 0.3 is 0 Å². The number of nitrogens with zero attached hydrogens (tertiary/aromatic N) is 3. The SMILES string of the molecule is [C-]#[N+]c1ccc2c(c1)N(c1[c-]ccc(C)c1)[CH-]N2C.[Ir]. The van der Waals surface area contributed by atoms with E-state index in [1.807, 2.05) is 44.0 Å². The van der Waals surface area contributed by atoms with E-state index in [4.69, 9.17) is 6.57 Å². The second kappa shape index (κ2) is 5.66. The zero-order chi connectivity index (χ0) is 13.4. The third-order valence-corrected chi connectivity index (χ3v) is 3.22. The number of anilines is 3. The van der Waals surface area contributed by atoms with E-state index >= 15 is 0 Å². The van der Waals surface area contributed by atoms with Crippen molar-refractivity contribution in [3.05, 3.63) is 66.1 Å². The quantitative estimate of drug-likeness (QED) is 0.621. The topological polar surface area (TPSA) is 10.8 Å². The van der Waals surface area contributed by atoms with Gasteiger partial charge in [-0.1, -0.05) is 13.0 Å². The molecule has 2 aromatic carbocycles. The molecule has 1 aliphatic rings. The van der Waals surface area contributed by atoms with Gasteiger partial charge in [-0.25, -0.2) is 4.85 Å². The third-order valence-electron chi connectivity index (χ3n) is 3.22. The summed E-state index contributed by atoms with van der Waals surface area (Å²) in [5, 5.41) is 0. The Labute approximate surface area is 133 Å². The van der Waals surface area contributed by atoms with Crippen LogP contribution in [0.5, 0.6) is 0 Å². The van der Waals surface area contributed by atoms with Gasteiger partial charge in [0.05, 0.1) is 6.57 Å². The van der Waals surface area contributed by atoms with Gasteiger partial charge in [0.1, 0.15) is 0 Å². The number of benzene rings is 2. The van der Waals surface area contributed by atoms with E-state index in [2.05, 4.69) is 33.7 Å². The van der Waals surface area contributed by atoms with Gasteiger partial charge in [0.2, 0.25) is 0 Å². The molecule has 0 unspecified atom stereocenters. The largest absolute Gasteiger partial charge is 0.504 e. The minimum absolute atomic E-state index is 0. The van der Waals surface area contributed by atoms with Gasteiger partial charge in [-0.2, -0.15) is 30.4 Å². The van der Waals surface area contributed by atoms with E-state index in [1.165, 1.54) is 5.56 Å². The van der Waals surface area contributed by atoms with Crippen molar-refractivity contribution in [3.63, 3.8) is 0 Å². The molecule has 0 atom stereocenters. The molecule has 3 nitrogen and oxygen atoms in total. The first-order valence-electron chi connectivity index (χ1n) is 6.06. The third kappa shape index (κ3) is 2.43. The van der Waals surface area contributed by atoms with Crippen LogP contribution < -0.4 is 9.80 Å². The van der Waals surface area contributed by atoms with Crippen molar-refractivity contribution in [1.82, 2.24) is 0 Å². The Balaban J connectivity index is 0.00000147. The van der Waals surface area contributed by atoms with Crippen LogP contribution in [0.15, 0.2) is 36.4 Å². The first-order chi connectivity index (χ1) is 9.19. The maximum absolute atomic E-state index is 7.14. The molecule has 1 radical (unpaired) electrons. The normalized spacial score (nSPS) is 12.7. The molecule has 0 aliphatic carbocycles. The fraction of sp³-hybridized carbons (Fsp3) is 0.125. The second-order valence-corrected chi connectivity index (χ2v) is 4.63. The maximum Gasteiger partial charge on any atom is 0.189 e. The molecule has 103 valence electrons. The molecular weight excluding hydrogens is 426 g/mol. The van der Waals surface area contributed by atoms with Crippen molar-refractivity contribution in [3.8, 4) is 0 Å². The Morgan fingerprint density at radius 2 is 2.00 bits per heavy atom. The molecule has 0 spiro atoms. The van der Waals surface area contributed by atoms with Crippen LogP contribution in [0.1, 0.15) is 5.56 Å². The summed E-state index contributed by atoms with van der Waals surface area (Å²) in [6.07, 6.45) is 0. The maximum atomic E-state index is 7.14. The summed E-state index contributed by atoms with van der Waals surface area (Å²) < 4.78 is 0. The van der Waals surface area contributed by atoms with Gasteiger partial charge in [-0.3, -0.25) is 0 Å². The Kier molecular flexibility index (Phi) is 4.13. The van der Waals surface area contributed by atoms with Gasteiger partial charge in [-0.05, 0) is 19.2 Å². The molecule has 0 saturated heterocycles. The Bertz CT molecular complexity index is 676. The molecule has 0 fully saturated rings. The first kappa shape index (κ1) is 14.6. The molecule has 3 rings (SSSR count). The Hall–Kier alpha value is -1.82. The van der Waals surface area contributed by atoms with Gasteiger partial charge in [0.15, 0.2) is 5.69 Å². The van der Waals surface area contributed by atoms with Crippen molar-refractivity contribution in [1.29, 1.82) is 0 Å². The minimum Gasteiger partial charge on any atom is -0.504 e. The van der Waals surface area contributed by atoms with Crippen LogP contribution in [0.25, 0.3) is 4.85 Å². The fourth-order valence-corrected chi connectivity index (χ4v) is 2.27. The predicted octanol–water partition coefficient (Wildman–Crippen LogP) is 4.05. The molecule has 4 heteroatoms. The molecular formula is C16H13IrN3-2. The molecule has 1 aliphatic heterocycles. The average molecular weight is 440 g/mol. The summed E-state index contributed by atoms with van der Waals surface area (Å²) in [7, 11) is 2.01. The summed E-state index contributed by atoms with van der Waals surface area (Å²) in [4.78, 5) is 7.62. The second-order valence-electron chi connectivity index (χ2n) is 4.63. The number of fused-ring (bicyclic) bond motifs is 1. The molecule has 0 N–H and O–H groups in total. The van der Waals surface area contributed by atoms with Crippen molar-refractivity contribution in [2.75, 3.05) is 16.8 Å². The molecule has 0 amide bonds. The summed E-state index contributed by atoms with van der Waals surface area (Å²) in [5.74, 6) is 0.